The van der Waals surface area contributed by atoms with Gasteiger partial charge in [0.15, 0.2) is 5.78 Å². The number of ether oxygens (including phenoxy) is 1. The summed E-state index contributed by atoms with van der Waals surface area (Å²) in [6, 6.07) is 5.61. The topological polar surface area (TPSA) is 64.4 Å². The van der Waals surface area contributed by atoms with Gasteiger partial charge in [0.2, 0.25) is 0 Å². The Hall–Kier alpha value is -2.41. The Balaban J connectivity index is 0.000000466. The molecule has 0 saturated carbocycles. The van der Waals surface area contributed by atoms with Crippen LogP contribution in [-0.4, -0.2) is 40.0 Å². The molecule has 2 atom stereocenters. The molecule has 0 radical (unpaired) electrons. The molecule has 0 bridgehead atoms. The van der Waals surface area contributed by atoms with Crippen LogP contribution in [0.25, 0.3) is 0 Å². The van der Waals surface area contributed by atoms with Crippen molar-refractivity contribution in [2.75, 3.05) is 13.7 Å². The summed E-state index contributed by atoms with van der Waals surface area (Å²) in [5, 5.41) is 4.86. The molecule has 2 unspecified atom stereocenters. The molecular weight excluding hydrogens is 506 g/mol. The normalized spacial score (nSPS) is 15.5. The Labute approximate surface area is 218 Å². The standard InChI is InChI=1S/C21H28BrN3O2.C7H12O/c1-5-11-25-20-15(17(6-2)23-25)10-12-24(18(20)7-3)21(26)14-8-9-16(22)19(13-14)27-4;1-4-6(3)7(8)5-2/h8-9,13,18H,5-7,10-12H2,1-4H3;5-6H,2,4H2,1,3H3. The number of hydrogen-bond donors (Lipinski definition) is 0. The van der Waals surface area contributed by atoms with Crippen LogP contribution in [0.15, 0.2) is 35.3 Å². The van der Waals surface area contributed by atoms with E-state index >= 15 is 0 Å². The Morgan fingerprint density at radius 1 is 1.29 bits per heavy atom. The van der Waals surface area contributed by atoms with Gasteiger partial charge in [0.1, 0.15) is 5.75 Å². The second-order valence-electron chi connectivity index (χ2n) is 8.82. The van der Waals surface area contributed by atoms with E-state index < -0.39 is 0 Å². The van der Waals surface area contributed by atoms with Gasteiger partial charge < -0.3 is 9.64 Å². The van der Waals surface area contributed by atoms with E-state index in [9.17, 15) is 9.59 Å². The fourth-order valence-electron chi connectivity index (χ4n) is 4.43. The quantitative estimate of drug-likeness (QED) is 0.334. The highest BCUT2D eigenvalue weighted by Gasteiger charge is 2.35. The molecule has 2 heterocycles. The predicted octanol–water partition coefficient (Wildman–Crippen LogP) is 6.56. The molecule has 0 N–H and O–H groups in total. The van der Waals surface area contributed by atoms with Crippen LogP contribution in [0.4, 0.5) is 0 Å². The highest BCUT2D eigenvalue weighted by molar-refractivity contribution is 9.10. The Morgan fingerprint density at radius 3 is 2.51 bits per heavy atom. The third kappa shape index (κ3) is 6.63. The number of carbonyl (C=O) groups is 2. The van der Waals surface area contributed by atoms with E-state index in [4.69, 9.17) is 9.84 Å². The summed E-state index contributed by atoms with van der Waals surface area (Å²) in [6.07, 6.45) is 6.01. The second kappa shape index (κ2) is 13.6. The first-order valence-corrected chi connectivity index (χ1v) is 13.5. The number of fused-ring (bicyclic) bond motifs is 1. The summed E-state index contributed by atoms with van der Waals surface area (Å²) in [5.74, 6) is 1.04. The average molecular weight is 547 g/mol. The molecule has 0 spiro atoms. The SMILES string of the molecule is C=CC(=O)C(C)CC.CCCn1nc(CC)c2c1C(CC)N(C(=O)c1ccc(Br)c(OC)c1)CC2. The maximum atomic E-state index is 13.3. The molecule has 1 amide bonds. The molecule has 6 nitrogen and oxygen atoms in total. The van der Waals surface area contributed by atoms with E-state index in [0.29, 0.717) is 11.3 Å². The molecule has 192 valence electrons. The maximum absolute atomic E-state index is 13.3. The number of carbonyl (C=O) groups excluding carboxylic acids is 2. The van der Waals surface area contributed by atoms with Crippen molar-refractivity contribution in [3.05, 3.63) is 57.8 Å². The van der Waals surface area contributed by atoms with E-state index in [1.54, 1.807) is 7.11 Å². The van der Waals surface area contributed by atoms with Crippen molar-refractivity contribution in [3.63, 3.8) is 0 Å². The lowest BCUT2D eigenvalue weighted by Crippen LogP contribution is -2.40. The van der Waals surface area contributed by atoms with Crippen LogP contribution in [0.5, 0.6) is 5.75 Å². The Kier molecular flexibility index (Phi) is 11.2. The van der Waals surface area contributed by atoms with Crippen LogP contribution < -0.4 is 4.74 Å². The van der Waals surface area contributed by atoms with Gasteiger partial charge in [-0.25, -0.2) is 0 Å². The Bertz CT molecular complexity index is 1030. The zero-order valence-corrected chi connectivity index (χ0v) is 23.7. The van der Waals surface area contributed by atoms with Crippen molar-refractivity contribution < 1.29 is 14.3 Å². The zero-order chi connectivity index (χ0) is 26.1. The average Bonchev–Trinajstić information content (AvgIpc) is 3.25. The second-order valence-corrected chi connectivity index (χ2v) is 9.68. The van der Waals surface area contributed by atoms with Gasteiger partial charge in [-0.3, -0.25) is 14.3 Å². The number of halogens is 1. The molecule has 0 aliphatic carbocycles. The minimum absolute atomic E-state index is 0.0561. The van der Waals surface area contributed by atoms with Gasteiger partial charge in [-0.05, 0) is 72.3 Å². The van der Waals surface area contributed by atoms with Crippen LogP contribution in [0.2, 0.25) is 0 Å². The summed E-state index contributed by atoms with van der Waals surface area (Å²) >= 11 is 3.46. The molecule has 35 heavy (non-hydrogen) atoms. The fourth-order valence-corrected chi connectivity index (χ4v) is 4.84. The van der Waals surface area contributed by atoms with E-state index in [0.717, 1.165) is 49.7 Å². The van der Waals surface area contributed by atoms with Crippen LogP contribution in [-0.2, 0) is 24.2 Å². The lowest BCUT2D eigenvalue weighted by Gasteiger charge is -2.36. The lowest BCUT2D eigenvalue weighted by atomic mass is 9.94. The molecule has 2 aromatic rings. The van der Waals surface area contributed by atoms with Gasteiger partial charge in [-0.1, -0.05) is 41.2 Å². The van der Waals surface area contributed by atoms with Crippen molar-refractivity contribution in [1.29, 1.82) is 0 Å². The van der Waals surface area contributed by atoms with Crippen molar-refractivity contribution in [2.24, 2.45) is 5.92 Å². The van der Waals surface area contributed by atoms with Gasteiger partial charge in [0.25, 0.3) is 5.91 Å². The monoisotopic (exact) mass is 545 g/mol. The zero-order valence-electron chi connectivity index (χ0n) is 22.1. The van der Waals surface area contributed by atoms with Gasteiger partial charge in [0.05, 0.1) is 29.0 Å². The minimum Gasteiger partial charge on any atom is -0.496 e. The molecule has 0 fully saturated rings. The van der Waals surface area contributed by atoms with E-state index in [1.165, 1.54) is 23.0 Å². The minimum atomic E-state index is 0.0561. The Morgan fingerprint density at radius 2 is 2.00 bits per heavy atom. The number of aryl methyl sites for hydroxylation is 2. The van der Waals surface area contributed by atoms with Crippen molar-refractivity contribution in [1.82, 2.24) is 14.7 Å². The summed E-state index contributed by atoms with van der Waals surface area (Å²) in [7, 11) is 1.62. The van der Waals surface area contributed by atoms with Gasteiger partial charge in [0, 0.05) is 30.1 Å². The molecule has 7 heteroatoms. The van der Waals surface area contributed by atoms with Crippen LogP contribution in [0, 0.1) is 5.92 Å². The summed E-state index contributed by atoms with van der Waals surface area (Å²) < 4.78 is 8.36. The fraction of sp³-hybridized carbons (Fsp3) is 0.536. The highest BCUT2D eigenvalue weighted by atomic mass is 79.9. The number of ketones is 1. The number of allylic oxidation sites excluding steroid dienone is 1. The van der Waals surface area contributed by atoms with Crippen molar-refractivity contribution in [3.8, 4) is 5.75 Å². The third-order valence-electron chi connectivity index (χ3n) is 6.59. The van der Waals surface area contributed by atoms with Crippen molar-refractivity contribution in [2.45, 2.75) is 79.3 Å². The number of benzene rings is 1. The number of methoxy groups -OCH3 is 1. The molecule has 0 saturated heterocycles. The predicted molar refractivity (Wildman–Crippen MR) is 145 cm³/mol. The number of hydrogen-bond acceptors (Lipinski definition) is 4. The molecule has 1 aromatic heterocycles. The van der Waals surface area contributed by atoms with Crippen LogP contribution in [0.3, 0.4) is 0 Å². The summed E-state index contributed by atoms with van der Waals surface area (Å²) in [4.78, 5) is 26.0. The smallest absolute Gasteiger partial charge is 0.254 e. The van der Waals surface area contributed by atoms with E-state index in [2.05, 4.69) is 48.0 Å². The number of amides is 1. The third-order valence-corrected chi connectivity index (χ3v) is 7.24. The first-order valence-electron chi connectivity index (χ1n) is 12.7. The molecule has 1 aliphatic rings. The summed E-state index contributed by atoms with van der Waals surface area (Å²) in [5.41, 5.74) is 4.44. The van der Waals surface area contributed by atoms with E-state index in [1.807, 2.05) is 36.9 Å². The molecule has 1 aromatic carbocycles. The molecule has 1 aliphatic heterocycles. The van der Waals surface area contributed by atoms with Crippen LogP contribution in [0.1, 0.15) is 87.2 Å². The largest absolute Gasteiger partial charge is 0.496 e. The van der Waals surface area contributed by atoms with E-state index in [-0.39, 0.29) is 23.7 Å². The molecular formula is C28H40BrN3O3. The number of nitrogens with zero attached hydrogens (tertiary/aromatic N) is 3. The summed E-state index contributed by atoms with van der Waals surface area (Å²) in [6.45, 7) is 15.4. The highest BCUT2D eigenvalue weighted by Crippen LogP contribution is 2.36. The molecule has 3 rings (SSSR count). The van der Waals surface area contributed by atoms with Crippen LogP contribution >= 0.6 is 15.9 Å². The first kappa shape index (κ1) is 28.8. The first-order chi connectivity index (χ1) is 16.8. The van der Waals surface area contributed by atoms with Gasteiger partial charge in [-0.15, -0.1) is 0 Å². The van der Waals surface area contributed by atoms with Gasteiger partial charge >= 0.3 is 0 Å². The van der Waals surface area contributed by atoms with Crippen molar-refractivity contribution >= 4 is 27.6 Å². The number of rotatable bonds is 9. The van der Waals surface area contributed by atoms with Gasteiger partial charge in [-0.2, -0.15) is 5.10 Å². The maximum Gasteiger partial charge on any atom is 0.254 e. The lowest BCUT2D eigenvalue weighted by molar-refractivity contribution is -0.117. The number of aromatic nitrogens is 2.